The van der Waals surface area contributed by atoms with Gasteiger partial charge in [-0.15, -0.1) is 0 Å². The first-order valence-corrected chi connectivity index (χ1v) is 6.45. The zero-order valence-electron chi connectivity index (χ0n) is 11.0. The number of aliphatic hydroxyl groups is 1. The van der Waals surface area contributed by atoms with Gasteiger partial charge in [-0.25, -0.2) is 0 Å². The normalized spacial score (nSPS) is 16.9. The van der Waals surface area contributed by atoms with E-state index in [-0.39, 0.29) is 23.5 Å². The fraction of sp³-hybridized carbons (Fsp3) is 0.462. The first-order chi connectivity index (χ1) is 9.47. The summed E-state index contributed by atoms with van der Waals surface area (Å²) in [5.41, 5.74) is 4.79. The number of nitro groups is 1. The van der Waals surface area contributed by atoms with Gasteiger partial charge in [0.25, 0.3) is 11.6 Å². The largest absolute Gasteiger partial charge is 0.394 e. The molecule has 1 saturated carbocycles. The average Bonchev–Trinajstić information content (AvgIpc) is 2.88. The molecule has 1 aliphatic rings. The van der Waals surface area contributed by atoms with Crippen molar-refractivity contribution in [3.05, 3.63) is 33.9 Å². The van der Waals surface area contributed by atoms with Gasteiger partial charge in [-0.1, -0.05) is 12.8 Å². The second-order valence-corrected chi connectivity index (χ2v) is 5.13. The maximum atomic E-state index is 12.2. The van der Waals surface area contributed by atoms with Crippen LogP contribution < -0.4 is 11.1 Å². The van der Waals surface area contributed by atoms with E-state index in [9.17, 15) is 20.0 Å². The molecule has 1 aliphatic carbocycles. The molecule has 1 aromatic carbocycles. The summed E-state index contributed by atoms with van der Waals surface area (Å²) in [7, 11) is 0. The van der Waals surface area contributed by atoms with Crippen LogP contribution >= 0.6 is 0 Å². The van der Waals surface area contributed by atoms with Crippen LogP contribution in [0.25, 0.3) is 0 Å². The van der Waals surface area contributed by atoms with Crippen molar-refractivity contribution in [3.8, 4) is 0 Å². The minimum atomic E-state index is -0.622. The van der Waals surface area contributed by atoms with Gasteiger partial charge in [0.15, 0.2) is 0 Å². The molecule has 0 heterocycles. The highest BCUT2D eigenvalue weighted by Gasteiger charge is 2.35. The van der Waals surface area contributed by atoms with E-state index in [1.807, 2.05) is 0 Å². The minimum Gasteiger partial charge on any atom is -0.394 e. The lowest BCUT2D eigenvalue weighted by Crippen LogP contribution is -2.49. The van der Waals surface area contributed by atoms with Crippen LogP contribution in [0.2, 0.25) is 0 Å². The maximum absolute atomic E-state index is 12.2. The van der Waals surface area contributed by atoms with Crippen LogP contribution in [0.5, 0.6) is 0 Å². The minimum absolute atomic E-state index is 0.0179. The first kappa shape index (κ1) is 14.3. The van der Waals surface area contributed by atoms with Crippen molar-refractivity contribution in [2.75, 3.05) is 12.3 Å². The molecule has 0 atom stereocenters. The second-order valence-electron chi connectivity index (χ2n) is 5.13. The van der Waals surface area contributed by atoms with Gasteiger partial charge in [0.1, 0.15) is 5.69 Å². The Morgan fingerprint density at radius 1 is 1.45 bits per heavy atom. The molecule has 7 nitrogen and oxygen atoms in total. The van der Waals surface area contributed by atoms with E-state index in [1.165, 1.54) is 12.1 Å². The van der Waals surface area contributed by atoms with Crippen molar-refractivity contribution in [1.82, 2.24) is 5.32 Å². The van der Waals surface area contributed by atoms with Crippen molar-refractivity contribution in [1.29, 1.82) is 0 Å². The van der Waals surface area contributed by atoms with Gasteiger partial charge < -0.3 is 16.2 Å². The summed E-state index contributed by atoms with van der Waals surface area (Å²) < 4.78 is 0. The van der Waals surface area contributed by atoms with E-state index in [1.54, 1.807) is 0 Å². The van der Waals surface area contributed by atoms with Crippen molar-refractivity contribution in [3.63, 3.8) is 0 Å². The zero-order chi connectivity index (χ0) is 14.8. The standard InChI is InChI=1S/C13H17N3O4/c14-10-4-3-9(7-11(10)16(19)20)12(18)15-13(8-17)5-1-2-6-13/h3-4,7,17H,1-2,5-6,8,14H2,(H,15,18). The number of nitrogen functional groups attached to an aromatic ring is 1. The summed E-state index contributed by atoms with van der Waals surface area (Å²) in [6.45, 7) is -0.129. The third-order valence-electron chi connectivity index (χ3n) is 3.73. The van der Waals surface area contributed by atoms with E-state index >= 15 is 0 Å². The highest BCUT2D eigenvalue weighted by atomic mass is 16.6. The Balaban J connectivity index is 2.21. The lowest BCUT2D eigenvalue weighted by Gasteiger charge is -2.27. The van der Waals surface area contributed by atoms with E-state index in [0.29, 0.717) is 12.8 Å². The number of nitrogens with two attached hydrogens (primary N) is 1. The number of carbonyl (C=O) groups excluding carboxylic acids is 1. The van der Waals surface area contributed by atoms with Crippen LogP contribution in [0.4, 0.5) is 11.4 Å². The van der Waals surface area contributed by atoms with Gasteiger partial charge >= 0.3 is 0 Å². The Kier molecular flexibility index (Phi) is 3.89. The maximum Gasteiger partial charge on any atom is 0.292 e. The van der Waals surface area contributed by atoms with Crippen LogP contribution in [0.15, 0.2) is 18.2 Å². The van der Waals surface area contributed by atoms with Crippen molar-refractivity contribution in [2.24, 2.45) is 0 Å². The number of nitrogens with one attached hydrogen (secondary N) is 1. The van der Waals surface area contributed by atoms with Crippen molar-refractivity contribution in [2.45, 2.75) is 31.2 Å². The Bertz CT molecular complexity index is 538. The number of nitrogens with zero attached hydrogens (tertiary/aromatic N) is 1. The number of amides is 1. The molecule has 2 rings (SSSR count). The molecule has 0 radical (unpaired) electrons. The summed E-state index contributed by atoms with van der Waals surface area (Å²) >= 11 is 0. The fourth-order valence-electron chi connectivity index (χ4n) is 2.53. The predicted octanol–water partition coefficient (Wildman–Crippen LogP) is 1.21. The monoisotopic (exact) mass is 279 g/mol. The quantitative estimate of drug-likeness (QED) is 0.435. The Labute approximate surface area is 115 Å². The third kappa shape index (κ3) is 2.72. The van der Waals surface area contributed by atoms with Crippen LogP contribution in [-0.2, 0) is 0 Å². The molecule has 7 heteroatoms. The van der Waals surface area contributed by atoms with Crippen LogP contribution in [0, 0.1) is 10.1 Å². The Hall–Kier alpha value is -2.15. The fourth-order valence-corrected chi connectivity index (χ4v) is 2.53. The number of benzene rings is 1. The summed E-state index contributed by atoms with van der Waals surface area (Å²) in [6, 6.07) is 3.94. The number of anilines is 1. The van der Waals surface area contributed by atoms with E-state index in [2.05, 4.69) is 5.32 Å². The van der Waals surface area contributed by atoms with Gasteiger partial charge in [0.2, 0.25) is 0 Å². The molecule has 0 bridgehead atoms. The van der Waals surface area contributed by atoms with Crippen LogP contribution in [0.1, 0.15) is 36.0 Å². The molecule has 0 unspecified atom stereocenters. The summed E-state index contributed by atoms with van der Waals surface area (Å²) in [4.78, 5) is 22.4. The second kappa shape index (κ2) is 5.46. The van der Waals surface area contributed by atoms with Gasteiger partial charge in [0.05, 0.1) is 17.1 Å². The van der Waals surface area contributed by atoms with Crippen molar-refractivity contribution < 1.29 is 14.8 Å². The molecule has 0 aliphatic heterocycles. The Morgan fingerprint density at radius 3 is 2.65 bits per heavy atom. The lowest BCUT2D eigenvalue weighted by atomic mass is 9.98. The molecular weight excluding hydrogens is 262 g/mol. The molecule has 4 N–H and O–H groups in total. The zero-order valence-corrected chi connectivity index (χ0v) is 11.0. The molecule has 0 spiro atoms. The van der Waals surface area contributed by atoms with Crippen LogP contribution in [0.3, 0.4) is 0 Å². The van der Waals surface area contributed by atoms with E-state index in [4.69, 9.17) is 5.73 Å². The summed E-state index contributed by atoms with van der Waals surface area (Å²) in [5, 5.41) is 23.1. The van der Waals surface area contributed by atoms with E-state index < -0.39 is 16.4 Å². The van der Waals surface area contributed by atoms with E-state index in [0.717, 1.165) is 18.9 Å². The number of carbonyl (C=O) groups is 1. The lowest BCUT2D eigenvalue weighted by molar-refractivity contribution is -0.383. The highest BCUT2D eigenvalue weighted by molar-refractivity contribution is 5.96. The summed E-state index contributed by atoms with van der Waals surface area (Å²) in [5.74, 6) is -0.427. The number of aliphatic hydroxyl groups excluding tert-OH is 1. The number of hydrogen-bond donors (Lipinski definition) is 3. The molecule has 1 fully saturated rings. The predicted molar refractivity (Wildman–Crippen MR) is 73.3 cm³/mol. The highest BCUT2D eigenvalue weighted by Crippen LogP contribution is 2.30. The average molecular weight is 279 g/mol. The van der Waals surface area contributed by atoms with Crippen LogP contribution in [-0.4, -0.2) is 28.1 Å². The molecular formula is C13H17N3O4. The smallest absolute Gasteiger partial charge is 0.292 e. The van der Waals surface area contributed by atoms with Gasteiger partial charge in [0, 0.05) is 11.6 Å². The van der Waals surface area contributed by atoms with Gasteiger partial charge in [-0.3, -0.25) is 14.9 Å². The van der Waals surface area contributed by atoms with Gasteiger partial charge in [-0.2, -0.15) is 0 Å². The third-order valence-corrected chi connectivity index (χ3v) is 3.73. The SMILES string of the molecule is Nc1ccc(C(=O)NC2(CO)CCCC2)cc1[N+](=O)[O-]. The number of rotatable bonds is 4. The molecule has 108 valence electrons. The molecule has 0 saturated heterocycles. The Morgan fingerprint density at radius 2 is 2.10 bits per heavy atom. The van der Waals surface area contributed by atoms with Gasteiger partial charge in [-0.05, 0) is 25.0 Å². The molecule has 20 heavy (non-hydrogen) atoms. The molecule has 1 amide bonds. The molecule has 0 aromatic heterocycles. The van der Waals surface area contributed by atoms with Crippen molar-refractivity contribution >= 4 is 17.3 Å². The topological polar surface area (TPSA) is 118 Å². The molecule has 1 aromatic rings. The summed E-state index contributed by atoms with van der Waals surface area (Å²) in [6.07, 6.45) is 3.32. The number of nitro benzene ring substituents is 1. The number of hydrogen-bond acceptors (Lipinski definition) is 5. The first-order valence-electron chi connectivity index (χ1n) is 6.45.